The summed E-state index contributed by atoms with van der Waals surface area (Å²) < 4.78 is 5.10. The van der Waals surface area contributed by atoms with Gasteiger partial charge in [-0.1, -0.05) is 0 Å². The molecule has 0 radical (unpaired) electrons. The molecule has 4 nitrogen and oxygen atoms in total. The fourth-order valence-electron chi connectivity index (χ4n) is 1.73. The Morgan fingerprint density at radius 3 is 2.58 bits per heavy atom. The zero-order chi connectivity index (χ0) is 14.5. The number of anilines is 1. The molecule has 0 aliphatic rings. The lowest BCUT2D eigenvalue weighted by Crippen LogP contribution is -2.35. The van der Waals surface area contributed by atoms with Gasteiger partial charge in [0.25, 0.3) is 0 Å². The molecule has 1 aromatic rings. The quantitative estimate of drug-likeness (QED) is 0.857. The number of likely N-dealkylation sites (N-methyl/N-ethyl adjacent to an activating group) is 1. The van der Waals surface area contributed by atoms with E-state index in [2.05, 4.69) is 48.1 Å². The van der Waals surface area contributed by atoms with Crippen molar-refractivity contribution >= 4 is 5.82 Å². The summed E-state index contributed by atoms with van der Waals surface area (Å²) in [4.78, 5) is 6.70. The summed E-state index contributed by atoms with van der Waals surface area (Å²) >= 11 is 0. The Balaban J connectivity index is 2.76. The van der Waals surface area contributed by atoms with Crippen LogP contribution in [0.5, 0.6) is 0 Å². The molecule has 0 atom stereocenters. The van der Waals surface area contributed by atoms with Crippen LogP contribution in [0.2, 0.25) is 0 Å². The van der Waals surface area contributed by atoms with Crippen molar-refractivity contribution in [1.82, 2.24) is 10.3 Å². The van der Waals surface area contributed by atoms with E-state index in [1.54, 1.807) is 7.11 Å². The largest absolute Gasteiger partial charge is 0.383 e. The summed E-state index contributed by atoms with van der Waals surface area (Å²) in [6.07, 6.45) is 0. The first-order valence-electron chi connectivity index (χ1n) is 6.74. The van der Waals surface area contributed by atoms with Crippen molar-refractivity contribution in [2.45, 2.75) is 39.8 Å². The predicted molar refractivity (Wildman–Crippen MR) is 80.7 cm³/mol. The smallest absolute Gasteiger partial charge is 0.128 e. The third-order valence-corrected chi connectivity index (χ3v) is 2.84. The normalized spacial score (nSPS) is 11.7. The van der Waals surface area contributed by atoms with Crippen LogP contribution in [0.4, 0.5) is 5.82 Å². The van der Waals surface area contributed by atoms with Gasteiger partial charge in [0.1, 0.15) is 5.82 Å². The third kappa shape index (κ3) is 6.03. The first-order valence-corrected chi connectivity index (χ1v) is 6.74. The van der Waals surface area contributed by atoms with E-state index >= 15 is 0 Å². The molecule has 0 bridgehead atoms. The molecule has 0 unspecified atom stereocenters. The molecule has 0 amide bonds. The van der Waals surface area contributed by atoms with Crippen molar-refractivity contribution in [3.8, 4) is 0 Å². The molecule has 108 valence electrons. The average Bonchev–Trinajstić information content (AvgIpc) is 2.32. The molecule has 19 heavy (non-hydrogen) atoms. The molecule has 4 heteroatoms. The second kappa shape index (κ2) is 6.87. The topological polar surface area (TPSA) is 37.4 Å². The van der Waals surface area contributed by atoms with Gasteiger partial charge in [0.15, 0.2) is 0 Å². The number of ether oxygens (including phenoxy) is 1. The Labute approximate surface area is 117 Å². The van der Waals surface area contributed by atoms with Gasteiger partial charge >= 0.3 is 0 Å². The second-order valence-electron chi connectivity index (χ2n) is 5.99. The SMILES string of the molecule is COCCN(C)c1cc(CNC(C)(C)C)cc(C)n1. The van der Waals surface area contributed by atoms with E-state index < -0.39 is 0 Å². The summed E-state index contributed by atoms with van der Waals surface area (Å²) in [5.74, 6) is 1.00. The van der Waals surface area contributed by atoms with Crippen LogP contribution < -0.4 is 10.2 Å². The standard InChI is InChI=1S/C15H27N3O/c1-12-9-13(11-16-15(2,3)4)10-14(17-12)18(5)7-8-19-6/h9-10,16H,7-8,11H2,1-6H3. The first-order chi connectivity index (χ1) is 8.81. The number of aromatic nitrogens is 1. The number of rotatable bonds is 6. The van der Waals surface area contributed by atoms with Crippen LogP contribution in [0.3, 0.4) is 0 Å². The van der Waals surface area contributed by atoms with E-state index in [0.717, 1.165) is 24.6 Å². The molecule has 0 aromatic carbocycles. The van der Waals surface area contributed by atoms with E-state index in [4.69, 9.17) is 4.74 Å². The Hall–Kier alpha value is -1.13. The van der Waals surface area contributed by atoms with Crippen LogP contribution in [0.1, 0.15) is 32.0 Å². The number of hydrogen-bond donors (Lipinski definition) is 1. The molecule has 0 aliphatic carbocycles. The van der Waals surface area contributed by atoms with Gasteiger partial charge in [0.05, 0.1) is 6.61 Å². The Kier molecular flexibility index (Phi) is 5.76. The highest BCUT2D eigenvalue weighted by Gasteiger charge is 2.10. The zero-order valence-corrected chi connectivity index (χ0v) is 13.1. The maximum Gasteiger partial charge on any atom is 0.128 e. The van der Waals surface area contributed by atoms with Crippen molar-refractivity contribution in [2.24, 2.45) is 0 Å². The van der Waals surface area contributed by atoms with E-state index in [1.165, 1.54) is 5.56 Å². The van der Waals surface area contributed by atoms with Crippen molar-refractivity contribution in [1.29, 1.82) is 0 Å². The van der Waals surface area contributed by atoms with Crippen LogP contribution in [-0.4, -0.2) is 37.8 Å². The van der Waals surface area contributed by atoms with Crippen molar-refractivity contribution in [3.05, 3.63) is 23.4 Å². The highest BCUT2D eigenvalue weighted by molar-refractivity contribution is 5.41. The molecule has 0 saturated heterocycles. The Morgan fingerprint density at radius 2 is 2.00 bits per heavy atom. The molecule has 1 aromatic heterocycles. The van der Waals surface area contributed by atoms with Gasteiger partial charge in [0, 0.05) is 38.5 Å². The first kappa shape index (κ1) is 15.9. The minimum absolute atomic E-state index is 0.124. The van der Waals surface area contributed by atoms with Crippen LogP contribution in [0, 0.1) is 6.92 Å². The highest BCUT2D eigenvalue weighted by Crippen LogP contribution is 2.14. The van der Waals surface area contributed by atoms with Gasteiger partial charge in [-0.15, -0.1) is 0 Å². The minimum atomic E-state index is 0.124. The fraction of sp³-hybridized carbons (Fsp3) is 0.667. The zero-order valence-electron chi connectivity index (χ0n) is 13.1. The summed E-state index contributed by atoms with van der Waals surface area (Å²) in [5.41, 5.74) is 2.44. The van der Waals surface area contributed by atoms with Gasteiger partial charge in [-0.25, -0.2) is 4.98 Å². The number of aryl methyl sites for hydroxylation is 1. The van der Waals surface area contributed by atoms with E-state index in [9.17, 15) is 0 Å². The summed E-state index contributed by atoms with van der Waals surface area (Å²) in [5, 5.41) is 3.50. The van der Waals surface area contributed by atoms with Crippen LogP contribution in [0.15, 0.2) is 12.1 Å². The molecule has 1 rings (SSSR count). The third-order valence-electron chi connectivity index (χ3n) is 2.84. The molecule has 0 spiro atoms. The van der Waals surface area contributed by atoms with Gasteiger partial charge in [-0.2, -0.15) is 0 Å². The van der Waals surface area contributed by atoms with Crippen molar-refractivity contribution < 1.29 is 4.74 Å². The van der Waals surface area contributed by atoms with Gasteiger partial charge in [-0.3, -0.25) is 0 Å². The maximum absolute atomic E-state index is 5.10. The number of methoxy groups -OCH3 is 1. The number of nitrogens with zero attached hydrogens (tertiary/aromatic N) is 2. The van der Waals surface area contributed by atoms with Gasteiger partial charge < -0.3 is 15.0 Å². The van der Waals surface area contributed by atoms with Crippen LogP contribution >= 0.6 is 0 Å². The summed E-state index contributed by atoms with van der Waals surface area (Å²) in [6.45, 7) is 11.0. The lowest BCUT2D eigenvalue weighted by molar-refractivity contribution is 0.206. The molecular formula is C15H27N3O. The number of pyridine rings is 1. The molecule has 0 aliphatic heterocycles. The van der Waals surface area contributed by atoms with Gasteiger partial charge in [0.2, 0.25) is 0 Å². The Morgan fingerprint density at radius 1 is 1.32 bits per heavy atom. The molecular weight excluding hydrogens is 238 g/mol. The number of hydrogen-bond acceptors (Lipinski definition) is 4. The monoisotopic (exact) mass is 265 g/mol. The van der Waals surface area contributed by atoms with Crippen molar-refractivity contribution in [2.75, 3.05) is 32.2 Å². The summed E-state index contributed by atoms with van der Waals surface area (Å²) in [6, 6.07) is 4.27. The van der Waals surface area contributed by atoms with E-state index in [1.807, 2.05) is 14.0 Å². The van der Waals surface area contributed by atoms with E-state index in [-0.39, 0.29) is 5.54 Å². The Bertz CT molecular complexity index is 399. The maximum atomic E-state index is 5.10. The second-order valence-corrected chi connectivity index (χ2v) is 5.99. The lowest BCUT2D eigenvalue weighted by Gasteiger charge is -2.22. The average molecular weight is 265 g/mol. The minimum Gasteiger partial charge on any atom is -0.383 e. The highest BCUT2D eigenvalue weighted by atomic mass is 16.5. The van der Waals surface area contributed by atoms with Crippen molar-refractivity contribution in [3.63, 3.8) is 0 Å². The van der Waals surface area contributed by atoms with Crippen LogP contribution in [0.25, 0.3) is 0 Å². The lowest BCUT2D eigenvalue weighted by atomic mass is 10.1. The molecule has 0 saturated carbocycles. The fourth-order valence-corrected chi connectivity index (χ4v) is 1.73. The predicted octanol–water partition coefficient (Wildman–Crippen LogP) is 2.36. The van der Waals surface area contributed by atoms with Crippen LogP contribution in [-0.2, 0) is 11.3 Å². The molecule has 1 heterocycles. The number of nitrogens with one attached hydrogen (secondary N) is 1. The summed E-state index contributed by atoms with van der Waals surface area (Å²) in [7, 11) is 3.76. The van der Waals surface area contributed by atoms with Gasteiger partial charge in [-0.05, 0) is 45.4 Å². The molecule has 0 fully saturated rings. The van der Waals surface area contributed by atoms with E-state index in [0.29, 0.717) is 6.61 Å². The molecule has 1 N–H and O–H groups in total.